The van der Waals surface area contributed by atoms with Gasteiger partial charge in [0.2, 0.25) is 0 Å². The number of benzene rings is 1. The Balaban J connectivity index is 1.97. The van der Waals surface area contributed by atoms with E-state index < -0.39 is 5.60 Å². The van der Waals surface area contributed by atoms with Crippen LogP contribution in [-0.2, 0) is 11.3 Å². The average Bonchev–Trinajstić information content (AvgIpc) is 2.46. The number of amides is 1. The molecule has 2 N–H and O–H groups in total. The maximum Gasteiger partial charge on any atom is 0.255 e. The Morgan fingerprint density at radius 2 is 2.08 bits per heavy atom. The first-order valence-corrected chi connectivity index (χ1v) is 8.58. The van der Waals surface area contributed by atoms with E-state index in [4.69, 9.17) is 0 Å². The molecule has 0 spiro atoms. The molecule has 1 heterocycles. The van der Waals surface area contributed by atoms with Gasteiger partial charge in [0.15, 0.2) is 5.60 Å². The molecule has 4 nitrogen and oxygen atoms in total. The lowest BCUT2D eigenvalue weighted by Gasteiger charge is -2.41. The summed E-state index contributed by atoms with van der Waals surface area (Å²) in [6.45, 7) is 10.1. The van der Waals surface area contributed by atoms with Crippen molar-refractivity contribution in [1.29, 1.82) is 0 Å². The summed E-state index contributed by atoms with van der Waals surface area (Å²) in [6, 6.07) is 4.65. The van der Waals surface area contributed by atoms with Crippen LogP contribution in [0.2, 0.25) is 0 Å². The van der Waals surface area contributed by atoms with Crippen LogP contribution in [0.5, 0.6) is 0 Å². The molecule has 0 bridgehead atoms. The Kier molecular flexibility index (Phi) is 5.66. The SMILES string of the molecule is Cc1ccc(F)cc1CNCC1(O)CCCN(CC(C)(C)C)C1=O. The number of hydrogen-bond acceptors (Lipinski definition) is 3. The second-order valence-electron chi connectivity index (χ2n) is 8.10. The topological polar surface area (TPSA) is 52.6 Å². The number of piperidine rings is 1. The van der Waals surface area contributed by atoms with Crippen LogP contribution in [0.3, 0.4) is 0 Å². The Morgan fingerprint density at radius 1 is 1.38 bits per heavy atom. The minimum absolute atomic E-state index is 0.0000160. The van der Waals surface area contributed by atoms with Crippen LogP contribution >= 0.6 is 0 Å². The lowest BCUT2D eigenvalue weighted by molar-refractivity contribution is -0.158. The van der Waals surface area contributed by atoms with Crippen molar-refractivity contribution < 1.29 is 14.3 Å². The van der Waals surface area contributed by atoms with Crippen molar-refractivity contribution >= 4 is 5.91 Å². The van der Waals surface area contributed by atoms with Crippen molar-refractivity contribution in [2.24, 2.45) is 5.41 Å². The zero-order chi connectivity index (χ0) is 18.0. The number of carbonyl (C=O) groups is 1. The van der Waals surface area contributed by atoms with Crippen molar-refractivity contribution in [2.45, 2.75) is 52.7 Å². The first-order valence-electron chi connectivity index (χ1n) is 8.58. The quantitative estimate of drug-likeness (QED) is 0.869. The zero-order valence-corrected chi connectivity index (χ0v) is 15.2. The molecule has 134 valence electrons. The van der Waals surface area contributed by atoms with E-state index in [1.807, 2.05) is 6.92 Å². The van der Waals surface area contributed by atoms with E-state index in [-0.39, 0.29) is 23.7 Å². The third-order valence-corrected chi connectivity index (χ3v) is 4.41. The average molecular weight is 336 g/mol. The molecule has 0 radical (unpaired) electrons. The lowest BCUT2D eigenvalue weighted by Crippen LogP contribution is -2.59. The molecule has 1 saturated heterocycles. The second kappa shape index (κ2) is 7.19. The van der Waals surface area contributed by atoms with Crippen LogP contribution < -0.4 is 5.32 Å². The van der Waals surface area contributed by atoms with Gasteiger partial charge in [-0.15, -0.1) is 0 Å². The number of nitrogens with zero attached hydrogens (tertiary/aromatic N) is 1. The fraction of sp³-hybridized carbons (Fsp3) is 0.632. The van der Waals surface area contributed by atoms with Gasteiger partial charge in [-0.3, -0.25) is 4.79 Å². The highest BCUT2D eigenvalue weighted by Crippen LogP contribution is 2.26. The van der Waals surface area contributed by atoms with Crippen molar-refractivity contribution in [3.8, 4) is 0 Å². The van der Waals surface area contributed by atoms with Gasteiger partial charge in [0.1, 0.15) is 5.82 Å². The number of aliphatic hydroxyl groups is 1. The number of nitrogens with one attached hydrogen (secondary N) is 1. The van der Waals surface area contributed by atoms with Crippen molar-refractivity contribution in [3.63, 3.8) is 0 Å². The molecule has 5 heteroatoms. The predicted octanol–water partition coefficient (Wildman–Crippen LogP) is 2.62. The normalized spacial score (nSPS) is 22.1. The Hall–Kier alpha value is -1.46. The van der Waals surface area contributed by atoms with Crippen LogP contribution in [0.15, 0.2) is 18.2 Å². The molecule has 1 amide bonds. The van der Waals surface area contributed by atoms with Gasteiger partial charge in [0, 0.05) is 26.2 Å². The van der Waals surface area contributed by atoms with Gasteiger partial charge in [0.25, 0.3) is 5.91 Å². The fourth-order valence-electron chi connectivity index (χ4n) is 3.19. The van der Waals surface area contributed by atoms with Gasteiger partial charge in [-0.05, 0) is 48.4 Å². The zero-order valence-electron chi connectivity index (χ0n) is 15.2. The lowest BCUT2D eigenvalue weighted by atomic mass is 9.88. The molecule has 0 aliphatic carbocycles. The van der Waals surface area contributed by atoms with E-state index in [1.54, 1.807) is 11.0 Å². The molecule has 1 unspecified atom stereocenters. The summed E-state index contributed by atoms with van der Waals surface area (Å²) in [5.41, 5.74) is 0.457. The Bertz CT molecular complexity index is 598. The molecule has 0 saturated carbocycles. The minimum atomic E-state index is -1.37. The van der Waals surface area contributed by atoms with Crippen LogP contribution in [0, 0.1) is 18.2 Å². The number of likely N-dealkylation sites (tertiary alicyclic amines) is 1. The molecule has 2 rings (SSSR count). The predicted molar refractivity (Wildman–Crippen MR) is 93.1 cm³/mol. The van der Waals surface area contributed by atoms with Gasteiger partial charge >= 0.3 is 0 Å². The number of rotatable bonds is 5. The fourth-order valence-corrected chi connectivity index (χ4v) is 3.19. The maximum absolute atomic E-state index is 13.3. The van der Waals surface area contributed by atoms with E-state index in [2.05, 4.69) is 26.1 Å². The first kappa shape index (κ1) is 18.9. The van der Waals surface area contributed by atoms with E-state index in [9.17, 15) is 14.3 Å². The largest absolute Gasteiger partial charge is 0.379 e. The highest BCUT2D eigenvalue weighted by molar-refractivity contribution is 5.86. The molecule has 1 aliphatic rings. The monoisotopic (exact) mass is 336 g/mol. The Morgan fingerprint density at radius 3 is 2.75 bits per heavy atom. The van der Waals surface area contributed by atoms with Gasteiger partial charge in [-0.25, -0.2) is 4.39 Å². The molecule has 24 heavy (non-hydrogen) atoms. The maximum atomic E-state index is 13.3. The molecule has 1 aliphatic heterocycles. The number of halogens is 1. The van der Waals surface area contributed by atoms with Crippen LogP contribution in [0.25, 0.3) is 0 Å². The van der Waals surface area contributed by atoms with Crippen molar-refractivity contribution in [1.82, 2.24) is 10.2 Å². The molecule has 1 aromatic carbocycles. The van der Waals surface area contributed by atoms with Crippen LogP contribution in [-0.4, -0.2) is 41.1 Å². The van der Waals surface area contributed by atoms with Crippen LogP contribution in [0.1, 0.15) is 44.7 Å². The molecule has 1 fully saturated rings. The highest BCUT2D eigenvalue weighted by atomic mass is 19.1. The van der Waals surface area contributed by atoms with Crippen molar-refractivity contribution in [2.75, 3.05) is 19.6 Å². The van der Waals surface area contributed by atoms with E-state index >= 15 is 0 Å². The molecule has 0 aromatic heterocycles. The first-order chi connectivity index (χ1) is 11.1. The number of carbonyl (C=O) groups excluding carboxylic acids is 1. The van der Waals surface area contributed by atoms with Crippen molar-refractivity contribution in [3.05, 3.63) is 35.1 Å². The van der Waals surface area contributed by atoms with E-state index in [1.165, 1.54) is 12.1 Å². The smallest absolute Gasteiger partial charge is 0.255 e. The molecular weight excluding hydrogens is 307 g/mol. The molecule has 1 atom stereocenters. The van der Waals surface area contributed by atoms with Crippen LogP contribution in [0.4, 0.5) is 4.39 Å². The summed E-state index contributed by atoms with van der Waals surface area (Å²) in [4.78, 5) is 14.4. The molecule has 1 aromatic rings. The summed E-state index contributed by atoms with van der Waals surface area (Å²) in [6.07, 6.45) is 1.25. The summed E-state index contributed by atoms with van der Waals surface area (Å²) >= 11 is 0. The van der Waals surface area contributed by atoms with E-state index in [0.29, 0.717) is 26.1 Å². The third kappa shape index (κ3) is 4.77. The van der Waals surface area contributed by atoms with E-state index in [0.717, 1.165) is 17.5 Å². The summed E-state index contributed by atoms with van der Waals surface area (Å²) in [5, 5.41) is 13.9. The highest BCUT2D eigenvalue weighted by Gasteiger charge is 2.42. The van der Waals surface area contributed by atoms with Gasteiger partial charge in [0.05, 0.1) is 0 Å². The third-order valence-electron chi connectivity index (χ3n) is 4.41. The second-order valence-corrected chi connectivity index (χ2v) is 8.10. The summed E-state index contributed by atoms with van der Waals surface area (Å²) in [7, 11) is 0. The standard InChI is InChI=1S/C19H29FN2O2/c1-14-6-7-16(20)10-15(14)11-21-12-19(24)8-5-9-22(17(19)23)13-18(2,3)4/h6-7,10,21,24H,5,8-9,11-13H2,1-4H3. The summed E-state index contributed by atoms with van der Waals surface area (Å²) < 4.78 is 13.3. The summed E-state index contributed by atoms with van der Waals surface area (Å²) in [5.74, 6) is -0.478. The van der Waals surface area contributed by atoms with Gasteiger partial charge < -0.3 is 15.3 Å². The number of aryl methyl sites for hydroxylation is 1. The van der Waals surface area contributed by atoms with Gasteiger partial charge in [-0.1, -0.05) is 26.8 Å². The Labute approximate surface area is 144 Å². The minimum Gasteiger partial charge on any atom is -0.379 e. The molecular formula is C19H29FN2O2. The van der Waals surface area contributed by atoms with Gasteiger partial charge in [-0.2, -0.15) is 0 Å². The number of hydrogen-bond donors (Lipinski definition) is 2.